The van der Waals surface area contributed by atoms with E-state index in [4.69, 9.17) is 10.5 Å². The van der Waals surface area contributed by atoms with Gasteiger partial charge in [0.05, 0.1) is 24.6 Å². The summed E-state index contributed by atoms with van der Waals surface area (Å²) in [5, 5.41) is 3.00. The number of ether oxygens (including phenoxy) is 1. The van der Waals surface area contributed by atoms with E-state index < -0.39 is 0 Å². The molecule has 1 saturated carbocycles. The molecule has 2 aromatic carbocycles. The number of nitrogens with two attached hydrogens (primary N) is 1. The number of methoxy groups -OCH3 is 1. The highest BCUT2D eigenvalue weighted by Crippen LogP contribution is 2.26. The minimum Gasteiger partial charge on any atom is -0.497 e. The summed E-state index contributed by atoms with van der Waals surface area (Å²) in [6.45, 7) is 1.21. The summed E-state index contributed by atoms with van der Waals surface area (Å²) in [7, 11) is 1.65. The van der Waals surface area contributed by atoms with Crippen LogP contribution in [0.25, 0.3) is 0 Å². The normalized spacial score (nSPS) is 14.3. The third kappa shape index (κ3) is 6.00. The maximum absolute atomic E-state index is 12.7. The Morgan fingerprint density at radius 1 is 1.18 bits per heavy atom. The number of carbonyl (C=O) groups excluding carboxylic acids is 2. The molecule has 2 amide bonds. The Kier molecular flexibility index (Phi) is 6.95. The quantitative estimate of drug-likeness (QED) is 0.527. The van der Waals surface area contributed by atoms with Crippen LogP contribution in [0.4, 0.5) is 5.69 Å². The lowest BCUT2D eigenvalue weighted by Gasteiger charge is -2.19. The first-order chi connectivity index (χ1) is 13.5. The highest BCUT2D eigenvalue weighted by Gasteiger charge is 2.34. The van der Waals surface area contributed by atoms with Gasteiger partial charge in [-0.3, -0.25) is 9.59 Å². The summed E-state index contributed by atoms with van der Waals surface area (Å²) in [5.41, 5.74) is 7.14. The second kappa shape index (κ2) is 9.61. The molecule has 2 aromatic rings. The van der Waals surface area contributed by atoms with E-state index in [2.05, 4.69) is 17.4 Å². The van der Waals surface area contributed by atoms with Gasteiger partial charge in [-0.15, -0.1) is 11.8 Å². The van der Waals surface area contributed by atoms with Crippen LogP contribution in [0.1, 0.15) is 18.4 Å². The number of carbonyl (C=O) groups is 2. The van der Waals surface area contributed by atoms with Crippen LogP contribution in [0.2, 0.25) is 0 Å². The molecule has 0 aliphatic heterocycles. The Labute approximate surface area is 169 Å². The third-order valence-electron chi connectivity index (χ3n) is 4.66. The van der Waals surface area contributed by atoms with Gasteiger partial charge in [-0.2, -0.15) is 0 Å². The summed E-state index contributed by atoms with van der Waals surface area (Å²) < 4.78 is 5.21. The molecular weight excluding hydrogens is 374 g/mol. The van der Waals surface area contributed by atoms with E-state index in [-0.39, 0.29) is 17.6 Å². The lowest BCUT2D eigenvalue weighted by atomic mass is 10.2. The third-order valence-corrected chi connectivity index (χ3v) is 5.76. The molecule has 1 unspecified atom stereocenters. The van der Waals surface area contributed by atoms with Crippen molar-refractivity contribution in [2.75, 3.05) is 24.7 Å². The van der Waals surface area contributed by atoms with Crippen molar-refractivity contribution < 1.29 is 19.2 Å². The molecule has 1 aliphatic rings. The van der Waals surface area contributed by atoms with Gasteiger partial charge in [0, 0.05) is 23.3 Å². The minimum atomic E-state index is -0.380. The fourth-order valence-electron chi connectivity index (χ4n) is 3.09. The van der Waals surface area contributed by atoms with Crippen molar-refractivity contribution in [1.29, 1.82) is 0 Å². The number of nitrogens with one attached hydrogen (secondary N) is 2. The largest absolute Gasteiger partial charge is 0.497 e. The van der Waals surface area contributed by atoms with Crippen LogP contribution in [0.3, 0.4) is 0 Å². The van der Waals surface area contributed by atoms with Gasteiger partial charge in [0.1, 0.15) is 12.3 Å². The highest BCUT2D eigenvalue weighted by molar-refractivity contribution is 8.00. The Hall–Kier alpha value is -2.51. The summed E-state index contributed by atoms with van der Waals surface area (Å²) in [4.78, 5) is 25.8. The lowest BCUT2D eigenvalue weighted by molar-refractivity contribution is -0.916. The number of thioether (sulfide) groups is 1. The molecule has 0 saturated heterocycles. The molecule has 28 heavy (non-hydrogen) atoms. The van der Waals surface area contributed by atoms with Crippen molar-refractivity contribution in [3.05, 3.63) is 54.1 Å². The van der Waals surface area contributed by atoms with Crippen LogP contribution >= 0.6 is 11.8 Å². The summed E-state index contributed by atoms with van der Waals surface area (Å²) in [6.07, 6.45) is 2.31. The highest BCUT2D eigenvalue weighted by atomic mass is 32.2. The predicted octanol–water partition coefficient (Wildman–Crippen LogP) is 1.46. The number of para-hydroxylation sites is 1. The van der Waals surface area contributed by atoms with E-state index in [1.54, 1.807) is 7.11 Å². The number of hydrogen-bond donors (Lipinski definition) is 3. The SMILES string of the molecule is COc1ccc(C[NH+](CC(=O)Nc2ccccc2SCC(N)=O)C2CC2)cc1. The number of amides is 2. The molecule has 7 heteroatoms. The first-order valence-corrected chi connectivity index (χ1v) is 10.3. The van der Waals surface area contributed by atoms with Gasteiger partial charge >= 0.3 is 0 Å². The lowest BCUT2D eigenvalue weighted by Crippen LogP contribution is -3.13. The molecule has 0 spiro atoms. The van der Waals surface area contributed by atoms with Crippen molar-refractivity contribution in [1.82, 2.24) is 0 Å². The Morgan fingerprint density at radius 3 is 2.54 bits per heavy atom. The van der Waals surface area contributed by atoms with Crippen LogP contribution in [0.15, 0.2) is 53.4 Å². The number of primary amides is 1. The second-order valence-corrected chi connectivity index (χ2v) is 7.95. The molecule has 3 rings (SSSR count). The van der Waals surface area contributed by atoms with E-state index in [1.807, 2.05) is 36.4 Å². The molecule has 4 N–H and O–H groups in total. The van der Waals surface area contributed by atoms with E-state index in [0.717, 1.165) is 35.7 Å². The van der Waals surface area contributed by atoms with Crippen LogP contribution in [-0.2, 0) is 16.1 Å². The number of benzene rings is 2. The molecule has 1 aliphatic carbocycles. The predicted molar refractivity (Wildman–Crippen MR) is 111 cm³/mol. The standard InChI is InChI=1S/C21H25N3O3S/c1-27-17-10-6-15(7-11-17)12-24(16-8-9-16)13-21(26)23-18-4-2-3-5-19(18)28-14-20(22)25/h2-7,10-11,16H,8-9,12-14H2,1H3,(H2,22,25)(H,23,26)/p+1. The number of rotatable bonds is 10. The van der Waals surface area contributed by atoms with Gasteiger partial charge < -0.3 is 20.7 Å². The monoisotopic (exact) mass is 400 g/mol. The summed E-state index contributed by atoms with van der Waals surface area (Å²) in [6, 6.07) is 16.0. The molecule has 148 valence electrons. The number of quaternary nitrogens is 1. The van der Waals surface area contributed by atoms with Crippen molar-refractivity contribution in [2.45, 2.75) is 30.3 Å². The van der Waals surface area contributed by atoms with Crippen molar-refractivity contribution in [3.63, 3.8) is 0 Å². The smallest absolute Gasteiger partial charge is 0.279 e. The topological polar surface area (TPSA) is 85.9 Å². The van der Waals surface area contributed by atoms with Crippen LogP contribution in [-0.4, -0.2) is 37.3 Å². The first kappa shape index (κ1) is 20.2. The molecular formula is C21H26N3O3S+. The second-order valence-electron chi connectivity index (χ2n) is 6.93. The fraction of sp³-hybridized carbons (Fsp3) is 0.333. The van der Waals surface area contributed by atoms with Crippen molar-refractivity contribution >= 4 is 29.3 Å². The molecule has 1 fully saturated rings. The van der Waals surface area contributed by atoms with Crippen LogP contribution < -0.4 is 20.7 Å². The van der Waals surface area contributed by atoms with Gasteiger partial charge in [0.25, 0.3) is 5.91 Å². The molecule has 0 aromatic heterocycles. The molecule has 0 bridgehead atoms. The Balaban J connectivity index is 1.61. The van der Waals surface area contributed by atoms with E-state index in [9.17, 15) is 9.59 Å². The van der Waals surface area contributed by atoms with E-state index in [1.165, 1.54) is 22.2 Å². The number of hydrogen-bond acceptors (Lipinski definition) is 4. The van der Waals surface area contributed by atoms with Crippen molar-refractivity contribution in [3.8, 4) is 5.75 Å². The zero-order valence-corrected chi connectivity index (χ0v) is 16.8. The molecule has 6 nitrogen and oxygen atoms in total. The average Bonchev–Trinajstić information content (AvgIpc) is 3.52. The number of anilines is 1. The zero-order chi connectivity index (χ0) is 19.9. The van der Waals surface area contributed by atoms with E-state index in [0.29, 0.717) is 12.6 Å². The molecule has 1 atom stereocenters. The van der Waals surface area contributed by atoms with Crippen molar-refractivity contribution in [2.24, 2.45) is 5.73 Å². The van der Waals surface area contributed by atoms with Gasteiger partial charge in [0.15, 0.2) is 6.54 Å². The van der Waals surface area contributed by atoms with Gasteiger partial charge in [-0.05, 0) is 36.4 Å². The van der Waals surface area contributed by atoms with Gasteiger partial charge in [0.2, 0.25) is 5.91 Å². The van der Waals surface area contributed by atoms with Crippen LogP contribution in [0.5, 0.6) is 5.75 Å². The molecule has 0 radical (unpaired) electrons. The van der Waals surface area contributed by atoms with Gasteiger partial charge in [-0.25, -0.2) is 0 Å². The maximum atomic E-state index is 12.7. The summed E-state index contributed by atoms with van der Waals surface area (Å²) in [5.74, 6) is 0.612. The average molecular weight is 401 g/mol. The Bertz CT molecular complexity index is 822. The zero-order valence-electron chi connectivity index (χ0n) is 15.9. The van der Waals surface area contributed by atoms with Crippen LogP contribution in [0, 0.1) is 0 Å². The Morgan fingerprint density at radius 2 is 1.89 bits per heavy atom. The van der Waals surface area contributed by atoms with Gasteiger partial charge in [-0.1, -0.05) is 12.1 Å². The fourth-order valence-corrected chi connectivity index (χ4v) is 3.84. The summed E-state index contributed by atoms with van der Waals surface area (Å²) >= 11 is 1.33. The molecule has 0 heterocycles. The maximum Gasteiger partial charge on any atom is 0.279 e. The van der Waals surface area contributed by atoms with E-state index >= 15 is 0 Å². The first-order valence-electron chi connectivity index (χ1n) is 9.32. The minimum absolute atomic E-state index is 0.0254.